The monoisotopic (exact) mass is 440 g/mol. The van der Waals surface area contributed by atoms with Gasteiger partial charge in [-0.1, -0.05) is 24.3 Å². The van der Waals surface area contributed by atoms with Gasteiger partial charge in [0.2, 0.25) is 0 Å². The average Bonchev–Trinajstić information content (AvgIpc) is 3.49. The number of hydrogen-bond acceptors (Lipinski definition) is 6. The highest BCUT2D eigenvalue weighted by Crippen LogP contribution is 2.32. The zero-order chi connectivity index (χ0) is 20.6. The van der Waals surface area contributed by atoms with E-state index in [1.807, 2.05) is 24.3 Å². The molecule has 0 radical (unpaired) electrons. The van der Waals surface area contributed by atoms with Crippen LogP contribution in [-0.2, 0) is 4.74 Å². The van der Waals surface area contributed by atoms with E-state index >= 15 is 0 Å². The van der Waals surface area contributed by atoms with Crippen molar-refractivity contribution in [3.05, 3.63) is 81.2 Å². The standard InChI is InChI=1S/C24H28N2O2S2/c25-22-5-1-2-6-23(22)27-14-4-3-11-26-12-7-21(8-13-26)28-24(19-9-15-29-17-19)20-10-16-30-18-20/h1-6,9-10,15-18,21,24H,7-8,11-14,25H2. The number of ether oxygens (including phenoxy) is 2. The molecule has 0 saturated carbocycles. The summed E-state index contributed by atoms with van der Waals surface area (Å²) in [5, 5.41) is 8.66. The predicted octanol–water partition coefficient (Wildman–Crippen LogP) is 5.60. The lowest BCUT2D eigenvalue weighted by atomic mass is 10.0. The Morgan fingerprint density at radius 3 is 2.33 bits per heavy atom. The summed E-state index contributed by atoms with van der Waals surface area (Å²) in [5.74, 6) is 0.742. The minimum absolute atomic E-state index is 0.0570. The van der Waals surface area contributed by atoms with Crippen LogP contribution >= 0.6 is 22.7 Å². The van der Waals surface area contributed by atoms with E-state index in [0.29, 0.717) is 18.4 Å². The number of nitrogen functional groups attached to an aromatic ring is 1. The zero-order valence-electron chi connectivity index (χ0n) is 17.0. The normalized spacial score (nSPS) is 15.9. The van der Waals surface area contributed by atoms with Crippen LogP contribution in [-0.4, -0.2) is 37.2 Å². The Labute approximate surface area is 186 Å². The van der Waals surface area contributed by atoms with Gasteiger partial charge in [0.05, 0.1) is 11.8 Å². The van der Waals surface area contributed by atoms with Crippen LogP contribution in [0, 0.1) is 0 Å². The molecule has 1 aliphatic heterocycles. The molecular weight excluding hydrogens is 412 g/mol. The third-order valence-corrected chi connectivity index (χ3v) is 6.74. The fraction of sp³-hybridized carbons (Fsp3) is 0.333. The molecule has 158 valence electrons. The summed E-state index contributed by atoms with van der Waals surface area (Å²) in [7, 11) is 0. The number of anilines is 1. The highest BCUT2D eigenvalue weighted by atomic mass is 32.1. The molecule has 2 aromatic heterocycles. The SMILES string of the molecule is Nc1ccccc1OCC=CCN1CCC(OC(c2ccsc2)c2ccsc2)CC1. The lowest BCUT2D eigenvalue weighted by Gasteiger charge is -2.33. The van der Waals surface area contributed by atoms with Crippen LogP contribution in [0.1, 0.15) is 30.1 Å². The van der Waals surface area contributed by atoms with Crippen molar-refractivity contribution >= 4 is 28.4 Å². The second-order valence-electron chi connectivity index (χ2n) is 7.45. The molecule has 1 aliphatic rings. The first kappa shape index (κ1) is 21.1. The number of nitrogens with two attached hydrogens (primary N) is 1. The Hall–Kier alpha value is -2.12. The van der Waals surface area contributed by atoms with Crippen molar-refractivity contribution in [1.29, 1.82) is 0 Å². The molecule has 0 atom stereocenters. The molecular formula is C24H28N2O2S2. The van der Waals surface area contributed by atoms with Gasteiger partial charge in [0.15, 0.2) is 0 Å². The fourth-order valence-corrected chi connectivity index (χ4v) is 5.01. The summed E-state index contributed by atoms with van der Waals surface area (Å²) in [6.45, 7) is 3.60. The topological polar surface area (TPSA) is 47.7 Å². The van der Waals surface area contributed by atoms with Gasteiger partial charge in [0, 0.05) is 19.6 Å². The molecule has 0 aliphatic carbocycles. The molecule has 4 rings (SSSR count). The molecule has 0 spiro atoms. The van der Waals surface area contributed by atoms with Crippen LogP contribution in [0.5, 0.6) is 5.75 Å². The van der Waals surface area contributed by atoms with Gasteiger partial charge in [-0.25, -0.2) is 0 Å². The number of para-hydroxylation sites is 2. The highest BCUT2D eigenvalue weighted by molar-refractivity contribution is 7.08. The largest absolute Gasteiger partial charge is 0.487 e. The van der Waals surface area contributed by atoms with Crippen LogP contribution in [0.4, 0.5) is 5.69 Å². The van der Waals surface area contributed by atoms with Crippen molar-refractivity contribution in [2.24, 2.45) is 0 Å². The molecule has 1 saturated heterocycles. The van der Waals surface area contributed by atoms with E-state index in [1.165, 1.54) is 11.1 Å². The molecule has 1 aromatic carbocycles. The Morgan fingerprint density at radius 1 is 1.00 bits per heavy atom. The van der Waals surface area contributed by atoms with Gasteiger partial charge < -0.3 is 15.2 Å². The minimum atomic E-state index is 0.0570. The Morgan fingerprint density at radius 2 is 1.70 bits per heavy atom. The second kappa shape index (κ2) is 10.8. The lowest BCUT2D eigenvalue weighted by molar-refractivity contribution is -0.0250. The van der Waals surface area contributed by atoms with Crippen molar-refractivity contribution in [1.82, 2.24) is 4.90 Å². The van der Waals surface area contributed by atoms with Crippen LogP contribution in [0.3, 0.4) is 0 Å². The lowest BCUT2D eigenvalue weighted by Crippen LogP contribution is -2.37. The number of hydrogen-bond donors (Lipinski definition) is 1. The maximum Gasteiger partial charge on any atom is 0.142 e. The van der Waals surface area contributed by atoms with E-state index < -0.39 is 0 Å². The number of benzene rings is 1. The average molecular weight is 441 g/mol. The van der Waals surface area contributed by atoms with E-state index in [9.17, 15) is 0 Å². The summed E-state index contributed by atoms with van der Waals surface area (Å²) in [6.07, 6.45) is 6.74. The third-order valence-electron chi connectivity index (χ3n) is 5.34. The number of thiophene rings is 2. The molecule has 0 bridgehead atoms. The molecule has 3 aromatic rings. The van der Waals surface area contributed by atoms with Gasteiger partial charge in [0.1, 0.15) is 18.5 Å². The van der Waals surface area contributed by atoms with Gasteiger partial charge in [-0.15, -0.1) is 0 Å². The maximum atomic E-state index is 6.57. The van der Waals surface area contributed by atoms with Crippen LogP contribution < -0.4 is 10.5 Å². The number of piperidine rings is 1. The van der Waals surface area contributed by atoms with Crippen molar-refractivity contribution < 1.29 is 9.47 Å². The van der Waals surface area contributed by atoms with E-state index in [4.69, 9.17) is 15.2 Å². The first-order chi connectivity index (χ1) is 14.8. The molecule has 30 heavy (non-hydrogen) atoms. The Bertz CT molecular complexity index is 867. The highest BCUT2D eigenvalue weighted by Gasteiger charge is 2.24. The molecule has 2 N–H and O–H groups in total. The second-order valence-corrected chi connectivity index (χ2v) is 9.01. The van der Waals surface area contributed by atoms with Crippen molar-refractivity contribution in [2.75, 3.05) is 32.0 Å². The van der Waals surface area contributed by atoms with E-state index in [-0.39, 0.29) is 6.10 Å². The van der Waals surface area contributed by atoms with E-state index in [1.54, 1.807) is 22.7 Å². The summed E-state index contributed by atoms with van der Waals surface area (Å²) < 4.78 is 12.3. The van der Waals surface area contributed by atoms with Crippen LogP contribution in [0.2, 0.25) is 0 Å². The predicted molar refractivity (Wildman–Crippen MR) is 127 cm³/mol. The molecule has 3 heterocycles. The molecule has 1 fully saturated rings. The van der Waals surface area contributed by atoms with Gasteiger partial charge in [-0.3, -0.25) is 4.90 Å². The van der Waals surface area contributed by atoms with E-state index in [2.05, 4.69) is 50.7 Å². The fourth-order valence-electron chi connectivity index (χ4n) is 3.66. The van der Waals surface area contributed by atoms with Crippen LogP contribution in [0.25, 0.3) is 0 Å². The summed E-state index contributed by atoms with van der Waals surface area (Å²) in [6, 6.07) is 12.0. The smallest absolute Gasteiger partial charge is 0.142 e. The summed E-state index contributed by atoms with van der Waals surface area (Å²) in [4.78, 5) is 2.47. The number of nitrogens with zero attached hydrogens (tertiary/aromatic N) is 1. The van der Waals surface area contributed by atoms with Gasteiger partial charge in [-0.05, 0) is 69.8 Å². The van der Waals surface area contributed by atoms with Crippen molar-refractivity contribution in [3.63, 3.8) is 0 Å². The third kappa shape index (κ3) is 5.73. The first-order valence-corrected chi connectivity index (χ1v) is 12.2. The van der Waals surface area contributed by atoms with Gasteiger partial charge >= 0.3 is 0 Å². The quantitative estimate of drug-likeness (QED) is 0.348. The van der Waals surface area contributed by atoms with Gasteiger partial charge in [-0.2, -0.15) is 22.7 Å². The van der Waals surface area contributed by atoms with Crippen LogP contribution in [0.15, 0.2) is 70.1 Å². The summed E-state index contributed by atoms with van der Waals surface area (Å²) >= 11 is 3.46. The number of rotatable bonds is 9. The first-order valence-electron chi connectivity index (χ1n) is 10.3. The molecule has 4 nitrogen and oxygen atoms in total. The summed E-state index contributed by atoms with van der Waals surface area (Å²) in [5.41, 5.74) is 9.10. The molecule has 0 unspecified atom stereocenters. The zero-order valence-corrected chi connectivity index (χ0v) is 18.6. The Balaban J connectivity index is 1.20. The number of likely N-dealkylation sites (tertiary alicyclic amines) is 1. The molecule has 0 amide bonds. The van der Waals surface area contributed by atoms with Crippen molar-refractivity contribution in [3.8, 4) is 5.75 Å². The van der Waals surface area contributed by atoms with E-state index in [0.717, 1.165) is 38.2 Å². The van der Waals surface area contributed by atoms with Gasteiger partial charge in [0.25, 0.3) is 0 Å². The Kier molecular flexibility index (Phi) is 7.59. The maximum absolute atomic E-state index is 6.57. The molecule has 6 heteroatoms. The van der Waals surface area contributed by atoms with Crippen molar-refractivity contribution in [2.45, 2.75) is 25.0 Å². The minimum Gasteiger partial charge on any atom is -0.487 e.